The van der Waals surface area contributed by atoms with Gasteiger partial charge >= 0.3 is 0 Å². The molecule has 160 valence electrons. The number of carbonyl (C=O) groups is 1. The van der Waals surface area contributed by atoms with E-state index >= 15 is 0 Å². The lowest BCUT2D eigenvalue weighted by molar-refractivity contribution is -0.131. The fourth-order valence-electron chi connectivity index (χ4n) is 4.12. The Labute approximate surface area is 184 Å². The molecule has 0 radical (unpaired) electrons. The molecule has 4 heterocycles. The van der Waals surface area contributed by atoms with Crippen LogP contribution in [0, 0.1) is 6.92 Å². The molecule has 0 aliphatic carbocycles. The van der Waals surface area contributed by atoms with Crippen LogP contribution in [-0.2, 0) is 17.9 Å². The normalized spacial score (nSPS) is 15.2. The van der Waals surface area contributed by atoms with E-state index in [9.17, 15) is 4.79 Å². The first kappa shape index (κ1) is 20.0. The monoisotopic (exact) mass is 435 g/mol. The highest BCUT2D eigenvalue weighted by Crippen LogP contribution is 2.32. The van der Waals surface area contributed by atoms with Gasteiger partial charge in [0.05, 0.1) is 17.8 Å². The van der Waals surface area contributed by atoms with Gasteiger partial charge in [0.15, 0.2) is 16.6 Å². The van der Waals surface area contributed by atoms with Crippen molar-refractivity contribution < 1.29 is 4.79 Å². The number of rotatable bonds is 5. The molecule has 0 saturated carbocycles. The number of likely N-dealkylation sites (tertiary alicyclic amines) is 1. The summed E-state index contributed by atoms with van der Waals surface area (Å²) in [5, 5.41) is 16.2. The van der Waals surface area contributed by atoms with Crippen LogP contribution in [0.2, 0.25) is 0 Å². The van der Waals surface area contributed by atoms with Crippen molar-refractivity contribution >= 4 is 34.2 Å². The number of aromatic nitrogens is 6. The standard InChI is InChI=1S/C22H25N7OS/c1-3-28-19(14-27-12-8-4-5-11-20(27)30)24-25-22(28)31-21-16-9-6-7-10-17(16)29-18(23-21)13-15(2)26-29/h6-7,9-10,13H,3-5,8,11-12,14H2,1-2H3. The van der Waals surface area contributed by atoms with Crippen LogP contribution in [-0.4, -0.2) is 46.7 Å². The number of para-hydroxylation sites is 1. The second kappa shape index (κ2) is 8.30. The Morgan fingerprint density at radius 2 is 2.00 bits per heavy atom. The van der Waals surface area contributed by atoms with Crippen LogP contribution in [0.5, 0.6) is 0 Å². The van der Waals surface area contributed by atoms with Crippen LogP contribution in [0.4, 0.5) is 0 Å². The first-order valence-electron chi connectivity index (χ1n) is 10.8. The van der Waals surface area contributed by atoms with E-state index in [0.29, 0.717) is 13.0 Å². The zero-order valence-corrected chi connectivity index (χ0v) is 18.6. The van der Waals surface area contributed by atoms with Gasteiger partial charge < -0.3 is 9.47 Å². The third-order valence-corrected chi connectivity index (χ3v) is 6.68. The fraction of sp³-hybridized carbons (Fsp3) is 0.409. The van der Waals surface area contributed by atoms with E-state index in [1.54, 1.807) is 0 Å². The highest BCUT2D eigenvalue weighted by molar-refractivity contribution is 7.99. The molecule has 5 rings (SSSR count). The summed E-state index contributed by atoms with van der Waals surface area (Å²) < 4.78 is 3.97. The van der Waals surface area contributed by atoms with Crippen molar-refractivity contribution in [1.82, 2.24) is 34.3 Å². The molecule has 0 N–H and O–H groups in total. The zero-order chi connectivity index (χ0) is 21.4. The van der Waals surface area contributed by atoms with E-state index < -0.39 is 0 Å². The van der Waals surface area contributed by atoms with E-state index in [0.717, 1.165) is 70.6 Å². The molecule has 0 bridgehead atoms. The highest BCUT2D eigenvalue weighted by atomic mass is 32.2. The number of amides is 1. The van der Waals surface area contributed by atoms with Gasteiger partial charge in [-0.25, -0.2) is 9.50 Å². The lowest BCUT2D eigenvalue weighted by Crippen LogP contribution is -2.31. The van der Waals surface area contributed by atoms with E-state index in [1.165, 1.54) is 11.8 Å². The molecule has 1 fully saturated rings. The largest absolute Gasteiger partial charge is 0.335 e. The quantitative estimate of drug-likeness (QED) is 0.443. The van der Waals surface area contributed by atoms with Crippen molar-refractivity contribution in [2.75, 3.05) is 6.54 Å². The van der Waals surface area contributed by atoms with Crippen LogP contribution in [0.15, 0.2) is 40.5 Å². The SMILES string of the molecule is CCn1c(CN2CCCCCC2=O)nnc1Sc1nc2cc(C)nn2c2ccccc12. The van der Waals surface area contributed by atoms with E-state index in [1.807, 2.05) is 34.5 Å². The maximum Gasteiger partial charge on any atom is 0.222 e. The Kier molecular flexibility index (Phi) is 5.35. The van der Waals surface area contributed by atoms with Crippen molar-refractivity contribution in [3.05, 3.63) is 41.9 Å². The summed E-state index contributed by atoms with van der Waals surface area (Å²) in [5.41, 5.74) is 2.76. The summed E-state index contributed by atoms with van der Waals surface area (Å²) in [7, 11) is 0. The van der Waals surface area contributed by atoms with Crippen molar-refractivity contribution in [3.8, 4) is 0 Å². The Hall–Kier alpha value is -2.94. The molecule has 1 aliphatic heterocycles. The number of aryl methyl sites for hydroxylation is 1. The fourth-order valence-corrected chi connectivity index (χ4v) is 5.14. The Bertz CT molecular complexity index is 1260. The lowest BCUT2D eigenvalue weighted by Gasteiger charge is -2.20. The molecule has 3 aromatic heterocycles. The highest BCUT2D eigenvalue weighted by Gasteiger charge is 2.22. The molecular formula is C22H25N7OS. The van der Waals surface area contributed by atoms with Gasteiger partial charge in [0.2, 0.25) is 5.91 Å². The predicted octanol–water partition coefficient (Wildman–Crippen LogP) is 3.86. The van der Waals surface area contributed by atoms with E-state index in [-0.39, 0.29) is 5.91 Å². The number of carbonyl (C=O) groups excluding carboxylic acids is 1. The summed E-state index contributed by atoms with van der Waals surface area (Å²) in [6.07, 6.45) is 3.77. The number of fused-ring (bicyclic) bond motifs is 3. The number of hydrogen-bond acceptors (Lipinski definition) is 6. The average molecular weight is 436 g/mol. The summed E-state index contributed by atoms with van der Waals surface area (Å²) in [6, 6.07) is 10.1. The minimum absolute atomic E-state index is 0.214. The Balaban J connectivity index is 1.50. The molecular weight excluding hydrogens is 410 g/mol. The van der Waals surface area contributed by atoms with Gasteiger partial charge in [-0.3, -0.25) is 4.79 Å². The molecule has 0 unspecified atom stereocenters. The maximum atomic E-state index is 12.4. The van der Waals surface area contributed by atoms with Gasteiger partial charge in [0.1, 0.15) is 5.03 Å². The minimum atomic E-state index is 0.214. The number of hydrogen-bond donors (Lipinski definition) is 0. The second-order valence-corrected chi connectivity index (χ2v) is 8.82. The molecule has 0 spiro atoms. The third kappa shape index (κ3) is 3.78. The summed E-state index contributed by atoms with van der Waals surface area (Å²) in [5.74, 6) is 1.04. The van der Waals surface area contributed by atoms with Gasteiger partial charge in [-0.2, -0.15) is 5.10 Å². The van der Waals surface area contributed by atoms with Crippen molar-refractivity contribution in [2.45, 2.75) is 62.8 Å². The van der Waals surface area contributed by atoms with Crippen molar-refractivity contribution in [2.24, 2.45) is 0 Å². The molecule has 1 aromatic carbocycles. The van der Waals surface area contributed by atoms with E-state index in [2.05, 4.69) is 38.9 Å². The van der Waals surface area contributed by atoms with Crippen LogP contribution >= 0.6 is 11.8 Å². The molecule has 1 saturated heterocycles. The van der Waals surface area contributed by atoms with Crippen LogP contribution in [0.1, 0.15) is 44.1 Å². The summed E-state index contributed by atoms with van der Waals surface area (Å²) in [6.45, 7) is 6.09. The van der Waals surface area contributed by atoms with Gasteiger partial charge in [0.25, 0.3) is 0 Å². The Morgan fingerprint density at radius 1 is 1.13 bits per heavy atom. The Morgan fingerprint density at radius 3 is 2.87 bits per heavy atom. The van der Waals surface area contributed by atoms with Gasteiger partial charge in [-0.05, 0) is 44.5 Å². The zero-order valence-electron chi connectivity index (χ0n) is 17.8. The summed E-state index contributed by atoms with van der Waals surface area (Å²) in [4.78, 5) is 19.2. The molecule has 0 atom stereocenters. The van der Waals surface area contributed by atoms with Gasteiger partial charge in [-0.1, -0.05) is 24.6 Å². The third-order valence-electron chi connectivity index (χ3n) is 5.69. The molecule has 1 amide bonds. The van der Waals surface area contributed by atoms with Gasteiger partial charge in [0, 0.05) is 31.0 Å². The molecule has 31 heavy (non-hydrogen) atoms. The topological polar surface area (TPSA) is 81.2 Å². The van der Waals surface area contributed by atoms with Crippen molar-refractivity contribution in [3.63, 3.8) is 0 Å². The number of nitrogens with zero attached hydrogens (tertiary/aromatic N) is 7. The average Bonchev–Trinajstić information content (AvgIpc) is 3.27. The molecule has 1 aliphatic rings. The smallest absolute Gasteiger partial charge is 0.222 e. The molecule has 4 aromatic rings. The number of benzene rings is 1. The molecule has 8 nitrogen and oxygen atoms in total. The first-order valence-corrected chi connectivity index (χ1v) is 11.6. The van der Waals surface area contributed by atoms with Crippen molar-refractivity contribution in [1.29, 1.82) is 0 Å². The predicted molar refractivity (Wildman–Crippen MR) is 119 cm³/mol. The van der Waals surface area contributed by atoms with Gasteiger partial charge in [-0.15, -0.1) is 10.2 Å². The lowest BCUT2D eigenvalue weighted by atomic mass is 10.2. The van der Waals surface area contributed by atoms with Crippen LogP contribution in [0.25, 0.3) is 16.6 Å². The van der Waals surface area contributed by atoms with Crippen LogP contribution < -0.4 is 0 Å². The first-order chi connectivity index (χ1) is 15.1. The summed E-state index contributed by atoms with van der Waals surface area (Å²) >= 11 is 1.51. The van der Waals surface area contributed by atoms with Crippen LogP contribution in [0.3, 0.4) is 0 Å². The maximum absolute atomic E-state index is 12.4. The van der Waals surface area contributed by atoms with E-state index in [4.69, 9.17) is 4.98 Å². The second-order valence-electron chi connectivity index (χ2n) is 7.86. The molecule has 9 heteroatoms. The minimum Gasteiger partial charge on any atom is -0.335 e.